The summed E-state index contributed by atoms with van der Waals surface area (Å²) < 4.78 is 20.1. The summed E-state index contributed by atoms with van der Waals surface area (Å²) in [5, 5.41) is 16.3. The zero-order valence-electron chi connectivity index (χ0n) is 20.8. The molecule has 1 aromatic carbocycles. The zero-order valence-corrected chi connectivity index (χ0v) is 20.8. The van der Waals surface area contributed by atoms with Crippen molar-refractivity contribution in [2.24, 2.45) is 0 Å². The van der Waals surface area contributed by atoms with Crippen LogP contribution in [0.15, 0.2) is 41.3 Å². The third-order valence-corrected chi connectivity index (χ3v) is 6.22. The maximum Gasteiger partial charge on any atom is 0.316 e. The summed E-state index contributed by atoms with van der Waals surface area (Å²) in [5.74, 6) is -1.57. The molecular formula is C26H30FN5O5. The molecule has 2 aromatic heterocycles. The number of hydrogen-bond donors (Lipinski definition) is 3. The van der Waals surface area contributed by atoms with E-state index in [0.29, 0.717) is 18.5 Å². The number of aromatic nitrogens is 2. The van der Waals surface area contributed by atoms with Crippen molar-refractivity contribution in [2.45, 2.75) is 31.9 Å². The Kier molecular flexibility index (Phi) is 8.02. The molecule has 1 unspecified atom stereocenters. The normalized spacial score (nSPS) is 15.1. The molecule has 11 heteroatoms. The first-order chi connectivity index (χ1) is 17.7. The van der Waals surface area contributed by atoms with Crippen LogP contribution in [-0.2, 0) is 17.7 Å². The maximum atomic E-state index is 13.5. The van der Waals surface area contributed by atoms with Crippen LogP contribution in [0.2, 0.25) is 0 Å². The van der Waals surface area contributed by atoms with Crippen LogP contribution in [0.5, 0.6) is 5.75 Å². The average Bonchev–Trinajstić information content (AvgIpc) is 3.40. The number of urea groups is 1. The Bertz CT molecular complexity index is 1350. The highest BCUT2D eigenvalue weighted by atomic mass is 19.1. The molecule has 3 aromatic rings. The molecule has 1 saturated heterocycles. The number of nitrogens with zero attached hydrogens (tertiary/aromatic N) is 3. The van der Waals surface area contributed by atoms with E-state index in [0.717, 1.165) is 24.0 Å². The molecule has 4 rings (SSSR count). The first-order valence-corrected chi connectivity index (χ1v) is 12.1. The maximum absolute atomic E-state index is 13.5. The van der Waals surface area contributed by atoms with Crippen LogP contribution in [0.25, 0.3) is 11.0 Å². The molecule has 3 heterocycles. The lowest BCUT2D eigenvalue weighted by molar-refractivity contribution is 0.0854. The van der Waals surface area contributed by atoms with Crippen molar-refractivity contribution in [1.29, 1.82) is 0 Å². The number of rotatable bonds is 8. The van der Waals surface area contributed by atoms with Crippen molar-refractivity contribution in [3.05, 3.63) is 69.4 Å². The van der Waals surface area contributed by atoms with Crippen LogP contribution in [0.1, 0.15) is 34.3 Å². The first-order valence-electron chi connectivity index (χ1n) is 12.1. The Labute approximate surface area is 213 Å². The number of aromatic hydroxyl groups is 1. The Balaban J connectivity index is 1.70. The fourth-order valence-electron chi connectivity index (χ4n) is 4.24. The van der Waals surface area contributed by atoms with Crippen molar-refractivity contribution in [2.75, 3.05) is 33.8 Å². The molecule has 196 valence electrons. The van der Waals surface area contributed by atoms with E-state index in [1.165, 1.54) is 21.6 Å². The minimum Gasteiger partial charge on any atom is -0.505 e. The lowest BCUT2D eigenvalue weighted by atomic mass is 10.1. The Morgan fingerprint density at radius 3 is 2.65 bits per heavy atom. The standard InChI is InChI=1S/C26H30FN5O5/c1-31(2)26(36)28-9-10-32-20-13-17(12-16-5-7-18(27)8-6-16)14-29-22(20)23(33)21(25(32)35)24(34)30-15-19-4-3-11-37-19/h5-8,13-14,19,33H,3-4,9-12,15H2,1-2H3,(H,28,36)(H,30,34). The smallest absolute Gasteiger partial charge is 0.316 e. The number of ether oxygens (including phenoxy) is 1. The monoisotopic (exact) mass is 511 g/mol. The quantitative estimate of drug-likeness (QED) is 0.425. The van der Waals surface area contributed by atoms with Gasteiger partial charge in [-0.05, 0) is 48.6 Å². The van der Waals surface area contributed by atoms with Crippen molar-refractivity contribution in [3.63, 3.8) is 0 Å². The van der Waals surface area contributed by atoms with Crippen LogP contribution in [-0.4, -0.2) is 71.4 Å². The van der Waals surface area contributed by atoms with Gasteiger partial charge in [0.25, 0.3) is 11.5 Å². The second-order valence-electron chi connectivity index (χ2n) is 9.17. The number of amides is 3. The highest BCUT2D eigenvalue weighted by molar-refractivity contribution is 6.01. The average molecular weight is 512 g/mol. The number of hydrogen-bond acceptors (Lipinski definition) is 6. The van der Waals surface area contributed by atoms with E-state index in [1.54, 1.807) is 38.5 Å². The largest absolute Gasteiger partial charge is 0.505 e. The molecule has 0 radical (unpaired) electrons. The lowest BCUT2D eigenvalue weighted by Crippen LogP contribution is -2.40. The molecule has 1 aliphatic rings. The summed E-state index contributed by atoms with van der Waals surface area (Å²) in [7, 11) is 3.19. The predicted octanol–water partition coefficient (Wildman–Crippen LogP) is 2.01. The van der Waals surface area contributed by atoms with Gasteiger partial charge < -0.3 is 29.9 Å². The summed E-state index contributed by atoms with van der Waals surface area (Å²) in [6, 6.07) is 7.40. The lowest BCUT2D eigenvalue weighted by Gasteiger charge is -2.17. The highest BCUT2D eigenvalue weighted by Gasteiger charge is 2.25. The van der Waals surface area contributed by atoms with Gasteiger partial charge in [0, 0.05) is 46.5 Å². The van der Waals surface area contributed by atoms with Crippen LogP contribution in [0, 0.1) is 5.82 Å². The molecule has 0 bridgehead atoms. The van der Waals surface area contributed by atoms with Gasteiger partial charge in [-0.1, -0.05) is 12.1 Å². The molecule has 10 nitrogen and oxygen atoms in total. The molecule has 0 saturated carbocycles. The van der Waals surface area contributed by atoms with Gasteiger partial charge in [0.15, 0.2) is 5.75 Å². The van der Waals surface area contributed by atoms with Gasteiger partial charge in [-0.15, -0.1) is 0 Å². The predicted molar refractivity (Wildman–Crippen MR) is 135 cm³/mol. The van der Waals surface area contributed by atoms with Crippen LogP contribution >= 0.6 is 0 Å². The summed E-state index contributed by atoms with van der Waals surface area (Å²) >= 11 is 0. The van der Waals surface area contributed by atoms with E-state index in [-0.39, 0.29) is 43.1 Å². The molecule has 3 amide bonds. The third kappa shape index (κ3) is 6.05. The number of nitrogens with one attached hydrogen (secondary N) is 2. The second-order valence-corrected chi connectivity index (χ2v) is 9.17. The molecule has 0 spiro atoms. The Hall–Kier alpha value is -3.99. The summed E-state index contributed by atoms with van der Waals surface area (Å²) in [6.07, 6.45) is 3.53. The number of carbonyl (C=O) groups excluding carboxylic acids is 2. The van der Waals surface area contributed by atoms with Gasteiger partial charge in [-0.2, -0.15) is 0 Å². The van der Waals surface area contributed by atoms with Crippen molar-refractivity contribution in [1.82, 2.24) is 25.1 Å². The van der Waals surface area contributed by atoms with Gasteiger partial charge in [0.05, 0.1) is 11.6 Å². The summed E-state index contributed by atoms with van der Waals surface area (Å²) in [4.78, 5) is 44.2. The minimum atomic E-state index is -0.719. The van der Waals surface area contributed by atoms with Crippen molar-refractivity contribution in [3.8, 4) is 5.75 Å². The number of fused-ring (bicyclic) bond motifs is 1. The topological polar surface area (TPSA) is 126 Å². The number of benzene rings is 1. The van der Waals surface area contributed by atoms with E-state index in [9.17, 15) is 23.9 Å². The molecule has 37 heavy (non-hydrogen) atoms. The van der Waals surface area contributed by atoms with Gasteiger partial charge in [0.2, 0.25) is 0 Å². The fourth-order valence-corrected chi connectivity index (χ4v) is 4.24. The molecule has 1 atom stereocenters. The Morgan fingerprint density at radius 2 is 1.97 bits per heavy atom. The summed E-state index contributed by atoms with van der Waals surface area (Å²) in [5.41, 5.74) is 0.849. The van der Waals surface area contributed by atoms with Crippen molar-refractivity contribution < 1.29 is 23.8 Å². The van der Waals surface area contributed by atoms with Gasteiger partial charge in [-0.3, -0.25) is 14.6 Å². The summed E-state index contributed by atoms with van der Waals surface area (Å²) in [6.45, 7) is 0.995. The van der Waals surface area contributed by atoms with Crippen LogP contribution in [0.3, 0.4) is 0 Å². The van der Waals surface area contributed by atoms with Crippen LogP contribution < -0.4 is 16.2 Å². The number of halogens is 1. The van der Waals surface area contributed by atoms with Crippen molar-refractivity contribution >= 4 is 23.0 Å². The SMILES string of the molecule is CN(C)C(=O)NCCn1c(=O)c(C(=O)NCC2CCCO2)c(O)c2ncc(Cc3ccc(F)cc3)cc21. The fraction of sp³-hybridized carbons (Fsp3) is 0.385. The van der Waals surface area contributed by atoms with E-state index < -0.39 is 22.8 Å². The second kappa shape index (κ2) is 11.4. The molecule has 1 fully saturated rings. The molecule has 3 N–H and O–H groups in total. The van der Waals surface area contributed by atoms with Crippen LogP contribution in [0.4, 0.5) is 9.18 Å². The van der Waals surface area contributed by atoms with Gasteiger partial charge in [-0.25, -0.2) is 9.18 Å². The van der Waals surface area contributed by atoms with Gasteiger partial charge in [0.1, 0.15) is 16.9 Å². The molecule has 1 aliphatic heterocycles. The van der Waals surface area contributed by atoms with E-state index in [2.05, 4.69) is 15.6 Å². The van der Waals surface area contributed by atoms with E-state index >= 15 is 0 Å². The molecule has 0 aliphatic carbocycles. The van der Waals surface area contributed by atoms with E-state index in [1.807, 2.05) is 0 Å². The minimum absolute atomic E-state index is 0.0445. The molecular weight excluding hydrogens is 481 g/mol. The van der Waals surface area contributed by atoms with E-state index in [4.69, 9.17) is 4.74 Å². The first kappa shape index (κ1) is 26.1. The highest BCUT2D eigenvalue weighted by Crippen LogP contribution is 2.26. The number of pyridine rings is 2. The van der Waals surface area contributed by atoms with Gasteiger partial charge >= 0.3 is 6.03 Å². The number of carbonyl (C=O) groups is 2. The Morgan fingerprint density at radius 1 is 1.22 bits per heavy atom. The third-order valence-electron chi connectivity index (χ3n) is 6.22. The zero-order chi connectivity index (χ0) is 26.5.